The minimum absolute atomic E-state index is 0.321. The third-order valence-corrected chi connectivity index (χ3v) is 5.83. The summed E-state index contributed by atoms with van der Waals surface area (Å²) < 4.78 is 5.32. The molecule has 4 rings (SSSR count). The van der Waals surface area contributed by atoms with E-state index >= 15 is 0 Å². The smallest absolute Gasteiger partial charge is 0.118 e. The van der Waals surface area contributed by atoms with Gasteiger partial charge in [-0.3, -0.25) is 0 Å². The van der Waals surface area contributed by atoms with Gasteiger partial charge in [-0.05, 0) is 60.7 Å². The van der Waals surface area contributed by atoms with Crippen molar-refractivity contribution in [2.24, 2.45) is 5.92 Å². The molecule has 1 fully saturated rings. The summed E-state index contributed by atoms with van der Waals surface area (Å²) in [5.74, 6) is 1.38. The Hall–Kier alpha value is -2.94. The molecule has 0 N–H and O–H groups in total. The Bertz CT molecular complexity index is 883. The first-order chi connectivity index (χ1) is 14.3. The number of hydrogen-bond acceptors (Lipinski definition) is 3. The van der Waals surface area contributed by atoms with Gasteiger partial charge in [-0.25, -0.2) is 0 Å². The average molecular weight is 387 g/mol. The third kappa shape index (κ3) is 4.40. The molecule has 0 amide bonds. The van der Waals surface area contributed by atoms with Crippen molar-refractivity contribution in [2.45, 2.75) is 25.9 Å². The molecule has 3 heteroatoms. The fourth-order valence-electron chi connectivity index (χ4n) is 4.44. The van der Waals surface area contributed by atoms with Crippen LogP contribution < -0.4 is 9.64 Å². The summed E-state index contributed by atoms with van der Waals surface area (Å²) in [4.78, 5) is 5.14. The molecule has 2 aromatic carbocycles. The van der Waals surface area contributed by atoms with Crippen LogP contribution in [0, 0.1) is 5.92 Å². The molecule has 1 heterocycles. The van der Waals surface area contributed by atoms with Gasteiger partial charge in [0, 0.05) is 24.5 Å². The second-order valence-electron chi connectivity index (χ2n) is 7.82. The van der Waals surface area contributed by atoms with Gasteiger partial charge < -0.3 is 14.5 Å². The first-order valence-electron chi connectivity index (χ1n) is 10.5. The van der Waals surface area contributed by atoms with Crippen molar-refractivity contribution >= 4 is 5.69 Å². The van der Waals surface area contributed by atoms with E-state index in [0.29, 0.717) is 12.1 Å². The van der Waals surface area contributed by atoms with Crippen LogP contribution in [0.5, 0.6) is 5.75 Å². The van der Waals surface area contributed by atoms with Gasteiger partial charge in [0.15, 0.2) is 0 Å². The summed E-state index contributed by atoms with van der Waals surface area (Å²) in [6.45, 7) is 4.45. The number of anilines is 1. The Balaban J connectivity index is 1.62. The number of para-hydroxylation sites is 1. The van der Waals surface area contributed by atoms with Crippen LogP contribution >= 0.6 is 0 Å². The van der Waals surface area contributed by atoms with Crippen molar-refractivity contribution in [1.29, 1.82) is 0 Å². The van der Waals surface area contributed by atoms with E-state index in [1.54, 1.807) is 7.11 Å². The van der Waals surface area contributed by atoms with Crippen molar-refractivity contribution < 1.29 is 4.74 Å². The lowest BCUT2D eigenvalue weighted by Crippen LogP contribution is -2.44. The van der Waals surface area contributed by atoms with Crippen LogP contribution in [0.4, 0.5) is 5.69 Å². The summed E-state index contributed by atoms with van der Waals surface area (Å²) >= 11 is 0. The monoisotopic (exact) mass is 386 g/mol. The van der Waals surface area contributed by atoms with Crippen molar-refractivity contribution in [3.63, 3.8) is 0 Å². The maximum Gasteiger partial charge on any atom is 0.118 e. The van der Waals surface area contributed by atoms with Crippen molar-refractivity contribution in [2.75, 3.05) is 25.1 Å². The standard InChI is InChI=1S/C26H30N2O/c1-21(20-22-14-16-25(29-2)17-15-22)26-27(23-10-6-3-4-7-11-23)18-19-28(26)24-12-8-5-9-13-24/h3,5-17,21,26H,4,18-20H2,1-2H3. The van der Waals surface area contributed by atoms with E-state index in [2.05, 4.69) is 102 Å². The van der Waals surface area contributed by atoms with Crippen LogP contribution in [0.25, 0.3) is 0 Å². The largest absolute Gasteiger partial charge is 0.497 e. The average Bonchev–Trinajstić information content (AvgIpc) is 3.03. The van der Waals surface area contributed by atoms with Gasteiger partial charge in [0.2, 0.25) is 0 Å². The van der Waals surface area contributed by atoms with E-state index in [9.17, 15) is 0 Å². The Morgan fingerprint density at radius 3 is 2.48 bits per heavy atom. The van der Waals surface area contributed by atoms with Gasteiger partial charge in [0.1, 0.15) is 11.9 Å². The van der Waals surface area contributed by atoms with E-state index in [1.807, 2.05) is 0 Å². The number of rotatable bonds is 6. The number of nitrogens with zero attached hydrogens (tertiary/aromatic N) is 2. The molecule has 2 atom stereocenters. The Morgan fingerprint density at radius 2 is 1.72 bits per heavy atom. The number of hydrogen-bond donors (Lipinski definition) is 0. The van der Waals surface area contributed by atoms with Crippen molar-refractivity contribution in [3.8, 4) is 5.75 Å². The molecule has 0 aromatic heterocycles. The molecule has 2 unspecified atom stereocenters. The second-order valence-corrected chi connectivity index (χ2v) is 7.82. The molecule has 1 aliphatic heterocycles. The van der Waals surface area contributed by atoms with Gasteiger partial charge >= 0.3 is 0 Å². The third-order valence-electron chi connectivity index (χ3n) is 5.83. The lowest BCUT2D eigenvalue weighted by molar-refractivity contribution is 0.252. The van der Waals surface area contributed by atoms with Crippen LogP contribution in [0.3, 0.4) is 0 Å². The van der Waals surface area contributed by atoms with Gasteiger partial charge in [0.25, 0.3) is 0 Å². The van der Waals surface area contributed by atoms with E-state index in [-0.39, 0.29) is 0 Å². The highest BCUT2D eigenvalue weighted by Gasteiger charge is 2.36. The first kappa shape index (κ1) is 19.4. The fraction of sp³-hybridized carbons (Fsp3) is 0.308. The number of ether oxygens (including phenoxy) is 1. The zero-order valence-corrected chi connectivity index (χ0v) is 17.4. The van der Waals surface area contributed by atoms with Crippen molar-refractivity contribution in [3.05, 3.63) is 96.2 Å². The van der Waals surface area contributed by atoms with E-state index in [4.69, 9.17) is 4.74 Å². The highest BCUT2D eigenvalue weighted by Crippen LogP contribution is 2.33. The first-order valence-corrected chi connectivity index (χ1v) is 10.5. The summed E-state index contributed by atoms with van der Waals surface area (Å²) in [6, 6.07) is 19.3. The van der Waals surface area contributed by atoms with Crippen molar-refractivity contribution in [1.82, 2.24) is 4.90 Å². The molecular formula is C26H30N2O. The molecular weight excluding hydrogens is 356 g/mol. The van der Waals surface area contributed by atoms with Crippen LogP contribution in [-0.2, 0) is 6.42 Å². The normalized spacial score (nSPS) is 19.8. The zero-order valence-electron chi connectivity index (χ0n) is 17.4. The predicted molar refractivity (Wildman–Crippen MR) is 121 cm³/mol. The highest BCUT2D eigenvalue weighted by molar-refractivity contribution is 5.49. The molecule has 0 spiro atoms. The van der Waals surface area contributed by atoms with Crippen LogP contribution in [0.15, 0.2) is 90.7 Å². The second kappa shape index (κ2) is 9.04. The molecule has 2 aromatic rings. The maximum atomic E-state index is 5.32. The molecule has 0 saturated carbocycles. The van der Waals surface area contributed by atoms with Crippen LogP contribution in [-0.4, -0.2) is 31.3 Å². The van der Waals surface area contributed by atoms with Gasteiger partial charge in [-0.2, -0.15) is 0 Å². The molecule has 0 bridgehead atoms. The molecule has 0 radical (unpaired) electrons. The van der Waals surface area contributed by atoms with E-state index in [0.717, 1.165) is 31.7 Å². The molecule has 2 aliphatic rings. The van der Waals surface area contributed by atoms with E-state index in [1.165, 1.54) is 16.9 Å². The fourth-order valence-corrected chi connectivity index (χ4v) is 4.44. The molecule has 1 aliphatic carbocycles. The molecule has 150 valence electrons. The minimum atomic E-state index is 0.321. The summed E-state index contributed by atoms with van der Waals surface area (Å²) in [7, 11) is 1.72. The minimum Gasteiger partial charge on any atom is -0.497 e. The number of benzene rings is 2. The lowest BCUT2D eigenvalue weighted by atomic mass is 9.96. The summed E-state index contributed by atoms with van der Waals surface area (Å²) in [5.41, 5.74) is 3.96. The van der Waals surface area contributed by atoms with Gasteiger partial charge in [0.05, 0.1) is 7.11 Å². The Kier molecular flexibility index (Phi) is 6.04. The highest BCUT2D eigenvalue weighted by atomic mass is 16.5. The Morgan fingerprint density at radius 1 is 0.966 bits per heavy atom. The summed E-state index contributed by atoms with van der Waals surface area (Å²) in [5, 5.41) is 0. The lowest BCUT2D eigenvalue weighted by Gasteiger charge is -2.37. The number of methoxy groups -OCH3 is 1. The quantitative estimate of drug-likeness (QED) is 0.659. The Labute approximate surface area is 174 Å². The van der Waals surface area contributed by atoms with Crippen LogP contribution in [0.1, 0.15) is 18.9 Å². The number of allylic oxidation sites excluding steroid dienone is 5. The molecule has 29 heavy (non-hydrogen) atoms. The zero-order chi connectivity index (χ0) is 20.1. The summed E-state index contributed by atoms with van der Waals surface area (Å²) in [6.07, 6.45) is 13.5. The van der Waals surface area contributed by atoms with Gasteiger partial charge in [-0.1, -0.05) is 55.5 Å². The maximum absolute atomic E-state index is 5.32. The topological polar surface area (TPSA) is 15.7 Å². The molecule has 1 saturated heterocycles. The van der Waals surface area contributed by atoms with E-state index < -0.39 is 0 Å². The van der Waals surface area contributed by atoms with Crippen LogP contribution in [0.2, 0.25) is 0 Å². The molecule has 3 nitrogen and oxygen atoms in total. The predicted octanol–water partition coefficient (Wildman–Crippen LogP) is 5.42. The van der Waals surface area contributed by atoms with Gasteiger partial charge in [-0.15, -0.1) is 0 Å². The SMILES string of the molecule is COc1ccc(CC(C)C2N(C3=CC=CCC=C3)CCN2c2ccccc2)cc1.